The molecule has 0 aliphatic carbocycles. The van der Waals surface area contributed by atoms with Crippen LogP contribution >= 0.6 is 0 Å². The van der Waals surface area contributed by atoms with Gasteiger partial charge in [-0.05, 0) is 35.5 Å². The van der Waals surface area contributed by atoms with Gasteiger partial charge in [0.1, 0.15) is 0 Å². The van der Waals surface area contributed by atoms with Crippen molar-refractivity contribution in [2.75, 3.05) is 0 Å². The van der Waals surface area contributed by atoms with E-state index in [2.05, 4.69) is 4.98 Å². The van der Waals surface area contributed by atoms with Crippen molar-refractivity contribution in [1.82, 2.24) is 4.98 Å². The van der Waals surface area contributed by atoms with Crippen molar-refractivity contribution in [3.05, 3.63) is 29.5 Å². The summed E-state index contributed by atoms with van der Waals surface area (Å²) in [5.41, 5.74) is 2.59. The number of hydrogen-bond acceptors (Lipinski definition) is 3. The lowest BCUT2D eigenvalue weighted by atomic mass is 9.77. The lowest BCUT2D eigenvalue weighted by molar-refractivity contribution is 0.101. The Morgan fingerprint density at radius 3 is 2.56 bits per heavy atom. The minimum absolute atomic E-state index is 0.0417. The number of rotatable bonds is 2. The van der Waals surface area contributed by atoms with E-state index in [0.717, 1.165) is 16.5 Å². The molecule has 2 aromatic rings. The Kier molecular flexibility index (Phi) is 2.57. The maximum Gasteiger partial charge on any atom is 0.488 e. The van der Waals surface area contributed by atoms with Crippen LogP contribution in [0.3, 0.4) is 0 Å². The van der Waals surface area contributed by atoms with Crippen LogP contribution in [0.15, 0.2) is 18.2 Å². The van der Waals surface area contributed by atoms with Crippen LogP contribution in [0.5, 0.6) is 0 Å². The molecule has 3 N–H and O–H groups in total. The summed E-state index contributed by atoms with van der Waals surface area (Å²) in [6, 6.07) is 5.19. The highest BCUT2D eigenvalue weighted by atomic mass is 16.4. The number of benzene rings is 1. The molecule has 0 unspecified atom stereocenters. The first-order valence-electron chi connectivity index (χ1n) is 4.99. The highest BCUT2D eigenvalue weighted by Crippen LogP contribution is 2.16. The molecule has 2 rings (SSSR count). The van der Waals surface area contributed by atoms with E-state index < -0.39 is 7.12 Å². The fourth-order valence-corrected chi connectivity index (χ4v) is 1.77. The van der Waals surface area contributed by atoms with E-state index in [1.165, 1.54) is 6.92 Å². The monoisotopic (exact) mass is 217 g/mol. The zero-order chi connectivity index (χ0) is 11.9. The number of Topliss-reactive ketones (excluding diaryl/α,β-unsaturated/α-hetero) is 1. The number of ketones is 1. The molecule has 1 aromatic carbocycles. The van der Waals surface area contributed by atoms with Gasteiger partial charge in [-0.3, -0.25) is 4.79 Å². The van der Waals surface area contributed by atoms with E-state index in [4.69, 9.17) is 10.0 Å². The van der Waals surface area contributed by atoms with Crippen LogP contribution < -0.4 is 5.46 Å². The average Bonchev–Trinajstić information content (AvgIpc) is 2.58. The lowest BCUT2D eigenvalue weighted by Crippen LogP contribution is -2.31. The highest BCUT2D eigenvalue weighted by molar-refractivity contribution is 6.59. The molecule has 0 saturated carbocycles. The lowest BCUT2D eigenvalue weighted by Gasteiger charge is -2.04. The fraction of sp³-hybridized carbons (Fsp3) is 0.182. The van der Waals surface area contributed by atoms with E-state index >= 15 is 0 Å². The number of carbonyl (C=O) groups excluding carboxylic acids is 1. The molecule has 0 spiro atoms. The molecule has 4 nitrogen and oxygen atoms in total. The second-order valence-corrected chi connectivity index (χ2v) is 3.91. The van der Waals surface area contributed by atoms with Crippen molar-refractivity contribution in [1.29, 1.82) is 0 Å². The molecular weight excluding hydrogens is 205 g/mol. The number of aromatic amines is 1. The highest BCUT2D eigenvalue weighted by Gasteiger charge is 2.15. The number of nitrogens with one attached hydrogen (secondary N) is 1. The quantitative estimate of drug-likeness (QED) is 0.502. The molecule has 0 atom stereocenters. The molecule has 0 bridgehead atoms. The summed E-state index contributed by atoms with van der Waals surface area (Å²) in [5, 5.41) is 19.1. The molecule has 1 heterocycles. The van der Waals surface area contributed by atoms with Crippen molar-refractivity contribution < 1.29 is 14.8 Å². The van der Waals surface area contributed by atoms with Gasteiger partial charge in [0.25, 0.3) is 0 Å². The maximum absolute atomic E-state index is 11.2. The Morgan fingerprint density at radius 2 is 2.00 bits per heavy atom. The van der Waals surface area contributed by atoms with Gasteiger partial charge in [-0.2, -0.15) is 0 Å². The zero-order valence-corrected chi connectivity index (χ0v) is 9.11. The number of aryl methyl sites for hydroxylation is 1. The van der Waals surface area contributed by atoms with Gasteiger partial charge in [-0.25, -0.2) is 0 Å². The predicted molar refractivity (Wildman–Crippen MR) is 62.9 cm³/mol. The summed E-state index contributed by atoms with van der Waals surface area (Å²) in [4.78, 5) is 14.2. The zero-order valence-electron chi connectivity index (χ0n) is 9.11. The average molecular weight is 217 g/mol. The van der Waals surface area contributed by atoms with Gasteiger partial charge in [-0.1, -0.05) is 6.07 Å². The Hall–Kier alpha value is -1.59. The molecule has 82 valence electrons. The number of fused-ring (bicyclic) bond motifs is 1. The second kappa shape index (κ2) is 3.77. The molecule has 0 aliphatic rings. The van der Waals surface area contributed by atoms with Crippen molar-refractivity contribution in [2.45, 2.75) is 13.8 Å². The predicted octanol–water partition coefficient (Wildman–Crippen LogP) is 0.359. The van der Waals surface area contributed by atoms with Gasteiger partial charge in [0, 0.05) is 12.4 Å². The first kappa shape index (κ1) is 10.9. The van der Waals surface area contributed by atoms with Crippen molar-refractivity contribution >= 4 is 29.3 Å². The molecule has 16 heavy (non-hydrogen) atoms. The third-order valence-electron chi connectivity index (χ3n) is 2.66. The van der Waals surface area contributed by atoms with Gasteiger partial charge in [0.2, 0.25) is 0 Å². The third-order valence-corrected chi connectivity index (χ3v) is 2.66. The summed E-state index contributed by atoms with van der Waals surface area (Å²) in [6.07, 6.45) is 0. The van der Waals surface area contributed by atoms with Crippen LogP contribution in [0.25, 0.3) is 10.9 Å². The summed E-state index contributed by atoms with van der Waals surface area (Å²) >= 11 is 0. The summed E-state index contributed by atoms with van der Waals surface area (Å²) in [5.74, 6) is -0.0417. The Labute approximate surface area is 93.1 Å². The number of H-pyrrole nitrogens is 1. The molecule has 0 aliphatic heterocycles. The number of aromatic nitrogens is 1. The van der Waals surface area contributed by atoms with Gasteiger partial charge >= 0.3 is 7.12 Å². The van der Waals surface area contributed by atoms with Crippen molar-refractivity contribution in [2.24, 2.45) is 0 Å². The normalized spacial score (nSPS) is 10.8. The molecule has 5 heteroatoms. The minimum Gasteiger partial charge on any atom is -0.423 e. The number of hydrogen-bond donors (Lipinski definition) is 3. The van der Waals surface area contributed by atoms with Crippen LogP contribution in [0, 0.1) is 6.92 Å². The summed E-state index contributed by atoms with van der Waals surface area (Å²) < 4.78 is 0. The standard InChI is InChI=1S/C11H12BNO3/c1-6-3-11-8(4-9(6)12(15)16)5-10(13-11)7(2)14/h3-5,13,15-16H,1-2H3. The van der Waals surface area contributed by atoms with Crippen LogP contribution in [0.1, 0.15) is 23.0 Å². The third kappa shape index (κ3) is 1.75. The van der Waals surface area contributed by atoms with Gasteiger partial charge in [0.15, 0.2) is 5.78 Å². The first-order chi connectivity index (χ1) is 7.49. The van der Waals surface area contributed by atoms with Crippen molar-refractivity contribution in [3.63, 3.8) is 0 Å². The van der Waals surface area contributed by atoms with Crippen LogP contribution in [-0.2, 0) is 0 Å². The second-order valence-electron chi connectivity index (χ2n) is 3.91. The molecule has 0 radical (unpaired) electrons. The Bertz CT molecular complexity index is 560. The smallest absolute Gasteiger partial charge is 0.423 e. The maximum atomic E-state index is 11.2. The number of carbonyl (C=O) groups is 1. The Morgan fingerprint density at radius 1 is 1.31 bits per heavy atom. The van der Waals surface area contributed by atoms with Gasteiger partial charge < -0.3 is 15.0 Å². The largest absolute Gasteiger partial charge is 0.488 e. The molecule has 0 fully saturated rings. The van der Waals surface area contributed by atoms with E-state index in [1.54, 1.807) is 25.1 Å². The topological polar surface area (TPSA) is 73.3 Å². The van der Waals surface area contributed by atoms with Crippen molar-refractivity contribution in [3.8, 4) is 0 Å². The van der Waals surface area contributed by atoms with Crippen LogP contribution in [0.4, 0.5) is 0 Å². The molecular formula is C11H12BNO3. The molecule has 1 aromatic heterocycles. The van der Waals surface area contributed by atoms with E-state index in [9.17, 15) is 4.79 Å². The summed E-state index contributed by atoms with van der Waals surface area (Å²) in [6.45, 7) is 3.28. The first-order valence-corrected chi connectivity index (χ1v) is 4.99. The van der Waals surface area contributed by atoms with Gasteiger partial charge in [-0.15, -0.1) is 0 Å². The van der Waals surface area contributed by atoms with E-state index in [1.807, 2.05) is 0 Å². The minimum atomic E-state index is -1.49. The van der Waals surface area contributed by atoms with Crippen LogP contribution in [0.2, 0.25) is 0 Å². The van der Waals surface area contributed by atoms with Crippen LogP contribution in [-0.4, -0.2) is 27.9 Å². The molecule has 0 amide bonds. The van der Waals surface area contributed by atoms with Gasteiger partial charge in [0.05, 0.1) is 5.69 Å². The molecule has 0 saturated heterocycles. The van der Waals surface area contributed by atoms with E-state index in [-0.39, 0.29) is 5.78 Å². The summed E-state index contributed by atoms with van der Waals surface area (Å²) in [7, 11) is -1.49. The van der Waals surface area contributed by atoms with E-state index in [0.29, 0.717) is 11.2 Å². The fourth-order valence-electron chi connectivity index (χ4n) is 1.77. The SMILES string of the molecule is CC(=O)c1cc2cc(B(O)O)c(C)cc2[nH]1. The Balaban J connectivity index is 2.65.